The fraction of sp³-hybridized carbons (Fsp3) is 0.375. The van der Waals surface area contributed by atoms with Gasteiger partial charge in [-0.2, -0.15) is 4.98 Å². The molecule has 0 saturated heterocycles. The molecule has 0 unspecified atom stereocenters. The number of aromatic carboxylic acids is 1. The largest absolute Gasteiger partial charge is 0.476 e. The van der Waals surface area contributed by atoms with E-state index in [0.717, 1.165) is 6.26 Å². The number of nitrogens with two attached hydrogens (primary N) is 1. The predicted molar refractivity (Wildman–Crippen MR) is 50.5 cm³/mol. The van der Waals surface area contributed by atoms with Crippen LogP contribution in [0, 0.1) is 0 Å². The van der Waals surface area contributed by atoms with Gasteiger partial charge in [-0.1, -0.05) is 0 Å². The maximum absolute atomic E-state index is 10.7. The summed E-state index contributed by atoms with van der Waals surface area (Å²) in [4.78, 5) is 26.3. The molecule has 1 aromatic heterocycles. The predicted octanol–water partition coefficient (Wildman–Crippen LogP) is -0.316. The van der Waals surface area contributed by atoms with E-state index in [0.29, 0.717) is 6.54 Å². The number of oxazole rings is 1. The number of anilines is 1. The van der Waals surface area contributed by atoms with Crippen molar-refractivity contribution in [3.8, 4) is 0 Å². The molecule has 0 spiro atoms. The van der Waals surface area contributed by atoms with Crippen LogP contribution in [0.25, 0.3) is 0 Å². The second-order valence-electron chi connectivity index (χ2n) is 2.80. The average molecular weight is 213 g/mol. The Morgan fingerprint density at radius 3 is 2.73 bits per heavy atom. The van der Waals surface area contributed by atoms with E-state index in [4.69, 9.17) is 15.3 Å². The number of aromatic nitrogens is 1. The van der Waals surface area contributed by atoms with Crippen LogP contribution in [0.1, 0.15) is 17.4 Å². The molecule has 1 amide bonds. The zero-order valence-electron chi connectivity index (χ0n) is 8.14. The summed E-state index contributed by atoms with van der Waals surface area (Å²) < 4.78 is 4.91. The Kier molecular flexibility index (Phi) is 3.27. The van der Waals surface area contributed by atoms with Gasteiger partial charge < -0.3 is 20.2 Å². The van der Waals surface area contributed by atoms with Crippen molar-refractivity contribution in [2.75, 3.05) is 18.0 Å². The highest BCUT2D eigenvalue weighted by atomic mass is 16.4. The highest BCUT2D eigenvalue weighted by molar-refractivity contribution is 5.85. The van der Waals surface area contributed by atoms with Crippen molar-refractivity contribution < 1.29 is 19.1 Å². The normalized spacial score (nSPS) is 9.93. The number of carboxylic acids is 1. The van der Waals surface area contributed by atoms with Crippen LogP contribution in [0.3, 0.4) is 0 Å². The zero-order chi connectivity index (χ0) is 11.4. The molecular weight excluding hydrogens is 202 g/mol. The molecule has 1 heterocycles. The molecule has 1 rings (SSSR count). The van der Waals surface area contributed by atoms with E-state index < -0.39 is 11.9 Å². The fourth-order valence-electron chi connectivity index (χ4n) is 1.01. The van der Waals surface area contributed by atoms with Gasteiger partial charge in [-0.05, 0) is 6.92 Å². The topological polar surface area (TPSA) is 110 Å². The standard InChI is InChI=1S/C8H11N3O4/c1-2-11(3-6(9)12)8-10-5(4-15-8)7(13)14/h4H,2-3H2,1H3,(H2,9,12)(H,13,14). The first kappa shape index (κ1) is 11.0. The molecule has 0 aliphatic carbocycles. The van der Waals surface area contributed by atoms with Crippen LogP contribution in [0.15, 0.2) is 10.7 Å². The second-order valence-corrected chi connectivity index (χ2v) is 2.80. The zero-order valence-corrected chi connectivity index (χ0v) is 8.14. The lowest BCUT2D eigenvalue weighted by molar-refractivity contribution is -0.116. The number of hydrogen-bond donors (Lipinski definition) is 2. The van der Waals surface area contributed by atoms with E-state index in [-0.39, 0.29) is 18.3 Å². The maximum Gasteiger partial charge on any atom is 0.357 e. The summed E-state index contributed by atoms with van der Waals surface area (Å²) in [6.45, 7) is 2.16. The number of nitrogens with zero attached hydrogens (tertiary/aromatic N) is 2. The Morgan fingerprint density at radius 2 is 2.33 bits per heavy atom. The van der Waals surface area contributed by atoms with E-state index in [2.05, 4.69) is 4.98 Å². The third-order valence-corrected chi connectivity index (χ3v) is 1.71. The first-order valence-corrected chi connectivity index (χ1v) is 4.26. The molecule has 1 aromatic rings. The smallest absolute Gasteiger partial charge is 0.357 e. The molecule has 7 nitrogen and oxygen atoms in total. The van der Waals surface area contributed by atoms with E-state index in [9.17, 15) is 9.59 Å². The minimum absolute atomic E-state index is 0.0595. The summed E-state index contributed by atoms with van der Waals surface area (Å²) in [5, 5.41) is 8.60. The third-order valence-electron chi connectivity index (χ3n) is 1.71. The van der Waals surface area contributed by atoms with Crippen molar-refractivity contribution in [3.05, 3.63) is 12.0 Å². The Morgan fingerprint density at radius 1 is 1.67 bits per heavy atom. The number of amides is 1. The molecule has 7 heteroatoms. The molecule has 0 fully saturated rings. The highest BCUT2D eigenvalue weighted by Gasteiger charge is 2.16. The molecule has 3 N–H and O–H groups in total. The van der Waals surface area contributed by atoms with Crippen LogP contribution in [-0.4, -0.2) is 35.1 Å². The van der Waals surface area contributed by atoms with Gasteiger partial charge in [-0.25, -0.2) is 4.79 Å². The summed E-state index contributed by atoms with van der Waals surface area (Å²) in [6, 6.07) is 0.0775. The van der Waals surface area contributed by atoms with Gasteiger partial charge in [-0.15, -0.1) is 0 Å². The summed E-state index contributed by atoms with van der Waals surface area (Å²) >= 11 is 0. The molecule has 0 atom stereocenters. The summed E-state index contributed by atoms with van der Waals surface area (Å²) in [6.07, 6.45) is 1.02. The summed E-state index contributed by atoms with van der Waals surface area (Å²) in [5.74, 6) is -1.72. The van der Waals surface area contributed by atoms with Gasteiger partial charge in [0.1, 0.15) is 12.8 Å². The van der Waals surface area contributed by atoms with Gasteiger partial charge in [0.15, 0.2) is 5.69 Å². The van der Waals surface area contributed by atoms with Crippen LogP contribution in [0.5, 0.6) is 0 Å². The average Bonchev–Trinajstić information content (AvgIpc) is 2.62. The molecule has 82 valence electrons. The van der Waals surface area contributed by atoms with E-state index in [1.807, 2.05) is 0 Å². The number of carbonyl (C=O) groups is 2. The quantitative estimate of drug-likeness (QED) is 0.693. The van der Waals surface area contributed by atoms with Crippen LogP contribution < -0.4 is 10.6 Å². The molecule has 0 saturated carbocycles. The van der Waals surface area contributed by atoms with Gasteiger partial charge in [-0.3, -0.25) is 4.79 Å². The van der Waals surface area contributed by atoms with Crippen LogP contribution in [0.4, 0.5) is 6.01 Å². The van der Waals surface area contributed by atoms with Crippen molar-refractivity contribution >= 4 is 17.9 Å². The number of carbonyl (C=O) groups excluding carboxylic acids is 1. The van der Waals surface area contributed by atoms with Crippen molar-refractivity contribution in [1.29, 1.82) is 0 Å². The van der Waals surface area contributed by atoms with Crippen molar-refractivity contribution in [1.82, 2.24) is 4.98 Å². The monoisotopic (exact) mass is 213 g/mol. The lowest BCUT2D eigenvalue weighted by atomic mass is 10.5. The first-order valence-electron chi connectivity index (χ1n) is 4.26. The highest BCUT2D eigenvalue weighted by Crippen LogP contribution is 2.12. The Hall–Kier alpha value is -2.05. The third kappa shape index (κ3) is 2.70. The minimum atomic E-state index is -1.18. The van der Waals surface area contributed by atoms with Crippen LogP contribution in [0.2, 0.25) is 0 Å². The molecular formula is C8H11N3O4. The summed E-state index contributed by atoms with van der Waals surface area (Å²) in [5.41, 5.74) is 4.81. The van der Waals surface area contributed by atoms with Crippen LogP contribution >= 0.6 is 0 Å². The number of likely N-dealkylation sites (N-methyl/N-ethyl adjacent to an activating group) is 1. The number of rotatable bonds is 5. The molecule has 0 radical (unpaired) electrons. The fourth-order valence-corrected chi connectivity index (χ4v) is 1.01. The lowest BCUT2D eigenvalue weighted by Gasteiger charge is -2.15. The van der Waals surface area contributed by atoms with Gasteiger partial charge in [0, 0.05) is 6.54 Å². The molecule has 0 aromatic carbocycles. The maximum atomic E-state index is 10.7. The molecule has 0 aliphatic rings. The molecule has 15 heavy (non-hydrogen) atoms. The van der Waals surface area contributed by atoms with Gasteiger partial charge in [0.2, 0.25) is 5.91 Å². The molecule has 0 bridgehead atoms. The molecule has 0 aliphatic heterocycles. The minimum Gasteiger partial charge on any atom is -0.476 e. The Labute approximate surface area is 85.5 Å². The van der Waals surface area contributed by atoms with E-state index >= 15 is 0 Å². The number of hydrogen-bond acceptors (Lipinski definition) is 5. The second kappa shape index (κ2) is 4.45. The summed E-state index contributed by atoms with van der Waals surface area (Å²) in [7, 11) is 0. The first-order chi connectivity index (χ1) is 7.04. The van der Waals surface area contributed by atoms with Crippen molar-refractivity contribution in [3.63, 3.8) is 0 Å². The van der Waals surface area contributed by atoms with E-state index in [1.54, 1.807) is 6.92 Å². The Bertz CT molecular complexity index is 374. The van der Waals surface area contributed by atoms with Crippen molar-refractivity contribution in [2.24, 2.45) is 5.73 Å². The number of primary amides is 1. The van der Waals surface area contributed by atoms with Gasteiger partial charge in [0.25, 0.3) is 6.01 Å². The number of carboxylic acid groups (broad SMARTS) is 1. The van der Waals surface area contributed by atoms with Crippen LogP contribution in [-0.2, 0) is 4.79 Å². The Balaban J connectivity index is 2.83. The van der Waals surface area contributed by atoms with E-state index in [1.165, 1.54) is 4.90 Å². The van der Waals surface area contributed by atoms with Gasteiger partial charge >= 0.3 is 5.97 Å². The van der Waals surface area contributed by atoms with Crippen molar-refractivity contribution in [2.45, 2.75) is 6.92 Å². The lowest BCUT2D eigenvalue weighted by Crippen LogP contribution is -2.33. The van der Waals surface area contributed by atoms with Gasteiger partial charge in [0.05, 0.1) is 0 Å². The SMILES string of the molecule is CCN(CC(N)=O)c1nc(C(=O)O)co1.